The van der Waals surface area contributed by atoms with Crippen LogP contribution in [0.2, 0.25) is 0 Å². The molecule has 5 atom stereocenters. The van der Waals surface area contributed by atoms with Crippen LogP contribution in [0.3, 0.4) is 0 Å². The summed E-state index contributed by atoms with van der Waals surface area (Å²) in [6, 6.07) is 5.44. The van der Waals surface area contributed by atoms with Crippen LogP contribution in [0, 0.1) is 5.92 Å². The monoisotopic (exact) mass is 544 g/mol. The maximum atomic E-state index is 13.4. The number of rotatable bonds is 9. The number of hydrogen-bond acceptors (Lipinski definition) is 8. The van der Waals surface area contributed by atoms with Crippen molar-refractivity contribution < 1.29 is 52.1 Å². The Morgan fingerprint density at radius 2 is 1.74 bits per heavy atom. The summed E-state index contributed by atoms with van der Waals surface area (Å²) in [5.74, 6) is -5.38. The van der Waals surface area contributed by atoms with Crippen LogP contribution in [0.1, 0.15) is 56.3 Å². The van der Waals surface area contributed by atoms with Crippen molar-refractivity contribution in [2.45, 2.75) is 75.8 Å². The molecule has 210 valence electrons. The predicted octanol–water partition coefficient (Wildman–Crippen LogP) is 2.44. The van der Waals surface area contributed by atoms with Gasteiger partial charge < -0.3 is 20.7 Å². The van der Waals surface area contributed by atoms with Crippen molar-refractivity contribution in [1.82, 2.24) is 4.90 Å². The van der Waals surface area contributed by atoms with Gasteiger partial charge in [0.15, 0.2) is 11.6 Å². The maximum absolute atomic E-state index is 13.4. The molecule has 2 fully saturated rings. The highest BCUT2D eigenvalue weighted by Gasteiger charge is 2.64. The molecule has 38 heavy (non-hydrogen) atoms. The molecule has 1 aromatic carbocycles. The van der Waals surface area contributed by atoms with Crippen molar-refractivity contribution in [3.63, 3.8) is 0 Å². The molecule has 1 unspecified atom stereocenters. The Balaban J connectivity index is 0.000000638. The van der Waals surface area contributed by atoms with Crippen LogP contribution in [0.15, 0.2) is 30.3 Å². The number of carboxylic acid groups (broad SMARTS) is 2. The summed E-state index contributed by atoms with van der Waals surface area (Å²) in [7, 11) is 0. The molecule has 0 spiro atoms. The summed E-state index contributed by atoms with van der Waals surface area (Å²) in [5.41, 5.74) is 5.21. The summed E-state index contributed by atoms with van der Waals surface area (Å²) in [6.45, 7) is 3.30. The second-order valence-electron chi connectivity index (χ2n) is 9.23. The van der Waals surface area contributed by atoms with Gasteiger partial charge in [0.2, 0.25) is 0 Å². The zero-order valence-electron chi connectivity index (χ0n) is 20.9. The molecule has 10 nitrogen and oxygen atoms in total. The van der Waals surface area contributed by atoms with Gasteiger partial charge in [-0.25, -0.2) is 4.79 Å². The molecule has 3 rings (SSSR count). The number of carboxylic acids is 2. The molecule has 1 aliphatic heterocycles. The van der Waals surface area contributed by atoms with Gasteiger partial charge in [-0.15, -0.1) is 0 Å². The smallest absolute Gasteiger partial charge is 0.480 e. The highest BCUT2D eigenvalue weighted by atomic mass is 19.4. The second-order valence-corrected chi connectivity index (χ2v) is 9.23. The molecule has 0 aromatic heterocycles. The first-order valence-electron chi connectivity index (χ1n) is 12.0. The van der Waals surface area contributed by atoms with Crippen molar-refractivity contribution in [2.75, 3.05) is 6.61 Å². The number of likely N-dealkylation sites (tertiary alicyclic amines) is 1. The van der Waals surface area contributed by atoms with Crippen molar-refractivity contribution in [3.05, 3.63) is 35.9 Å². The van der Waals surface area contributed by atoms with E-state index < -0.39 is 47.7 Å². The Morgan fingerprint density at radius 1 is 1.16 bits per heavy atom. The summed E-state index contributed by atoms with van der Waals surface area (Å²) in [4.78, 5) is 62.0. The summed E-state index contributed by atoms with van der Waals surface area (Å²) in [5, 5.41) is 17.1. The van der Waals surface area contributed by atoms with E-state index in [9.17, 15) is 37.5 Å². The lowest BCUT2D eigenvalue weighted by Gasteiger charge is -2.43. The number of fused-ring (bicyclic) bond motifs is 1. The minimum Gasteiger partial charge on any atom is -0.480 e. The number of esters is 1. The molecule has 0 bridgehead atoms. The zero-order valence-corrected chi connectivity index (χ0v) is 20.9. The van der Waals surface area contributed by atoms with E-state index in [0.29, 0.717) is 18.4 Å². The van der Waals surface area contributed by atoms with E-state index in [4.69, 9.17) is 20.4 Å². The number of alkyl halides is 3. The van der Waals surface area contributed by atoms with Crippen molar-refractivity contribution in [2.24, 2.45) is 11.7 Å². The van der Waals surface area contributed by atoms with E-state index in [1.54, 1.807) is 44.2 Å². The average molecular weight is 545 g/mol. The van der Waals surface area contributed by atoms with E-state index in [0.717, 1.165) is 6.42 Å². The number of hydrogen-bond donors (Lipinski definition) is 3. The third-order valence-corrected chi connectivity index (χ3v) is 6.83. The van der Waals surface area contributed by atoms with Crippen LogP contribution < -0.4 is 5.73 Å². The first-order chi connectivity index (χ1) is 17.7. The predicted molar refractivity (Wildman–Crippen MR) is 126 cm³/mol. The van der Waals surface area contributed by atoms with E-state index in [2.05, 4.69) is 0 Å². The highest BCUT2D eigenvalue weighted by molar-refractivity contribution is 6.00. The molecule has 1 heterocycles. The Morgan fingerprint density at radius 3 is 2.21 bits per heavy atom. The minimum absolute atomic E-state index is 0.0815. The Labute approximate surface area is 216 Å². The van der Waals surface area contributed by atoms with E-state index >= 15 is 0 Å². The minimum atomic E-state index is -5.08. The lowest BCUT2D eigenvalue weighted by molar-refractivity contribution is -0.192. The molecule has 4 N–H and O–H groups in total. The number of aliphatic carboxylic acids is 2. The van der Waals surface area contributed by atoms with Crippen LogP contribution in [0.5, 0.6) is 0 Å². The van der Waals surface area contributed by atoms with E-state index in [-0.39, 0.29) is 36.9 Å². The number of nitrogens with two attached hydrogens (primary N) is 1. The van der Waals surface area contributed by atoms with Gasteiger partial charge >= 0.3 is 24.1 Å². The molecule has 0 amide bonds. The number of carbonyl (C=O) groups excluding carboxylic acids is 3. The van der Waals surface area contributed by atoms with E-state index in [1.165, 1.54) is 4.90 Å². The molecule has 2 aliphatic rings. The Hall–Kier alpha value is -3.32. The average Bonchev–Trinajstić information content (AvgIpc) is 3.40. The molecule has 1 saturated carbocycles. The Bertz CT molecular complexity index is 1050. The van der Waals surface area contributed by atoms with Crippen LogP contribution in [-0.2, 0) is 23.9 Å². The molecule has 1 saturated heterocycles. The number of benzene rings is 1. The van der Waals surface area contributed by atoms with Gasteiger partial charge in [0, 0.05) is 12.0 Å². The zero-order chi connectivity index (χ0) is 28.8. The highest BCUT2D eigenvalue weighted by Crippen LogP contribution is 2.52. The molecular weight excluding hydrogens is 513 g/mol. The number of nitrogens with zero attached hydrogens (tertiary/aromatic N) is 1. The topological polar surface area (TPSA) is 164 Å². The normalized spacial score (nSPS) is 24.4. The van der Waals surface area contributed by atoms with Crippen LogP contribution in [0.4, 0.5) is 13.2 Å². The van der Waals surface area contributed by atoms with Gasteiger partial charge in [-0.3, -0.25) is 24.1 Å². The fraction of sp³-hybridized carbons (Fsp3) is 0.560. The van der Waals surface area contributed by atoms with E-state index in [1.807, 2.05) is 0 Å². The number of carbonyl (C=O) groups is 5. The first-order valence-corrected chi connectivity index (χ1v) is 12.0. The number of Topliss-reactive ketones (excluding diaryl/α,β-unsaturated/α-hetero) is 2. The Kier molecular flexibility index (Phi) is 10.2. The van der Waals surface area contributed by atoms with Gasteiger partial charge in [0.05, 0.1) is 18.2 Å². The van der Waals surface area contributed by atoms with Crippen molar-refractivity contribution in [3.8, 4) is 0 Å². The molecule has 13 heteroatoms. The molecule has 0 radical (unpaired) electrons. The fourth-order valence-electron chi connectivity index (χ4n) is 5.39. The summed E-state index contributed by atoms with van der Waals surface area (Å²) >= 11 is 0. The molecule has 1 aliphatic carbocycles. The lowest BCUT2D eigenvalue weighted by atomic mass is 9.80. The van der Waals surface area contributed by atoms with Gasteiger partial charge in [0.25, 0.3) is 0 Å². The van der Waals surface area contributed by atoms with Crippen LogP contribution in [0.25, 0.3) is 0 Å². The van der Waals surface area contributed by atoms with Crippen LogP contribution >= 0.6 is 0 Å². The largest absolute Gasteiger partial charge is 0.490 e. The summed E-state index contributed by atoms with van der Waals surface area (Å²) < 4.78 is 37.0. The fourth-order valence-corrected chi connectivity index (χ4v) is 5.39. The maximum Gasteiger partial charge on any atom is 0.490 e. The molecule has 1 aromatic rings. The van der Waals surface area contributed by atoms with Crippen molar-refractivity contribution in [1.29, 1.82) is 0 Å². The van der Waals surface area contributed by atoms with Crippen LogP contribution in [-0.4, -0.2) is 81.0 Å². The third kappa shape index (κ3) is 6.57. The standard InChI is InChI=1S/C23H30N2O6.C2HF3O2/c1-3-31-22(30)18(13-19(26)15-8-5-4-6-9-15)25-17(21(28)29)12-16-10-7-11-23(16,25)20(27)14(2)24;3-2(4,5)1(6)7/h4-6,8-9,14,16-18H,3,7,10-13,24H2,1-2H3,(H,28,29);(H,6,7)/t14?,16-,17+,18-,23-;/m0./s1. The van der Waals surface area contributed by atoms with Gasteiger partial charge in [-0.1, -0.05) is 36.8 Å². The third-order valence-electron chi connectivity index (χ3n) is 6.83. The molecular formula is C25H31F3N2O8. The quantitative estimate of drug-likeness (QED) is 0.311. The first kappa shape index (κ1) is 30.9. The lowest BCUT2D eigenvalue weighted by Crippen LogP contribution is -2.64. The second kappa shape index (κ2) is 12.5. The number of halogens is 3. The summed E-state index contributed by atoms with van der Waals surface area (Å²) in [6.07, 6.45) is -3.29. The van der Waals surface area contributed by atoms with Gasteiger partial charge in [-0.05, 0) is 39.0 Å². The number of ether oxygens (including phenoxy) is 1. The van der Waals surface area contributed by atoms with Gasteiger partial charge in [0.1, 0.15) is 12.1 Å². The van der Waals surface area contributed by atoms with Crippen molar-refractivity contribution >= 4 is 29.5 Å². The number of ketones is 2. The SMILES string of the molecule is CCOC(=O)[C@H](CC(=O)c1ccccc1)N1[C@@H](C(=O)O)C[C@@H]2CCC[C@@]21C(=O)C(C)N.O=C(O)C(F)(F)F. The van der Waals surface area contributed by atoms with Gasteiger partial charge in [-0.2, -0.15) is 13.2 Å².